The molecule has 0 aliphatic carbocycles. The minimum Gasteiger partial charge on any atom is -0.396 e. The number of halogens is 1. The molecule has 3 nitrogen and oxygen atoms in total. The van der Waals surface area contributed by atoms with Crippen molar-refractivity contribution in [1.29, 1.82) is 5.26 Å². The Balaban J connectivity index is 2.32. The first-order valence-corrected chi connectivity index (χ1v) is 5.60. The molecule has 84 valence electrons. The molecule has 0 aliphatic heterocycles. The number of rotatable bonds is 2. The summed E-state index contributed by atoms with van der Waals surface area (Å²) in [5.41, 5.74) is 6.50. The summed E-state index contributed by atoms with van der Waals surface area (Å²) >= 11 is 1.14. The molecule has 2 N–H and O–H groups in total. The van der Waals surface area contributed by atoms with Gasteiger partial charge in [-0.1, -0.05) is 23.9 Å². The van der Waals surface area contributed by atoms with Gasteiger partial charge in [0.2, 0.25) is 0 Å². The molecule has 2 rings (SSSR count). The highest BCUT2D eigenvalue weighted by atomic mass is 32.2. The lowest BCUT2D eigenvalue weighted by Crippen LogP contribution is -1.93. The molecule has 0 saturated heterocycles. The molecule has 0 saturated carbocycles. The van der Waals surface area contributed by atoms with Gasteiger partial charge in [0.1, 0.15) is 16.9 Å². The largest absolute Gasteiger partial charge is 0.396 e. The van der Waals surface area contributed by atoms with Crippen LogP contribution >= 0.6 is 11.8 Å². The number of nitrogens with zero attached hydrogens (tertiary/aromatic N) is 2. The first kappa shape index (κ1) is 11.4. The third-order valence-electron chi connectivity index (χ3n) is 2.05. The second kappa shape index (κ2) is 4.85. The number of hydrogen-bond acceptors (Lipinski definition) is 4. The average molecular weight is 245 g/mol. The van der Waals surface area contributed by atoms with Crippen LogP contribution in [0.25, 0.3) is 0 Å². The van der Waals surface area contributed by atoms with Crippen molar-refractivity contribution in [2.24, 2.45) is 0 Å². The summed E-state index contributed by atoms with van der Waals surface area (Å²) in [4.78, 5) is 4.49. The van der Waals surface area contributed by atoms with E-state index in [1.807, 2.05) is 6.07 Å². The van der Waals surface area contributed by atoms with Gasteiger partial charge in [0.25, 0.3) is 0 Å². The monoisotopic (exact) mass is 245 g/mol. The van der Waals surface area contributed by atoms with Crippen LogP contribution in [-0.2, 0) is 0 Å². The van der Waals surface area contributed by atoms with Gasteiger partial charge in [-0.05, 0) is 18.2 Å². The molecule has 0 bridgehead atoms. The molecule has 1 aromatic heterocycles. The van der Waals surface area contributed by atoms with Crippen molar-refractivity contribution >= 4 is 17.4 Å². The van der Waals surface area contributed by atoms with E-state index >= 15 is 0 Å². The minimum atomic E-state index is -0.317. The quantitative estimate of drug-likeness (QED) is 0.883. The summed E-state index contributed by atoms with van der Waals surface area (Å²) in [5.74, 6) is -0.317. The van der Waals surface area contributed by atoms with Crippen LogP contribution in [0.5, 0.6) is 0 Å². The fraction of sp³-hybridized carbons (Fsp3) is 0. The smallest absolute Gasteiger partial charge is 0.137 e. The van der Waals surface area contributed by atoms with E-state index in [4.69, 9.17) is 11.0 Å². The average Bonchev–Trinajstić information content (AvgIpc) is 2.34. The van der Waals surface area contributed by atoms with Crippen molar-refractivity contribution in [3.63, 3.8) is 0 Å². The number of pyridine rings is 1. The normalized spacial score (nSPS) is 9.88. The van der Waals surface area contributed by atoms with Crippen molar-refractivity contribution in [1.82, 2.24) is 4.98 Å². The number of hydrogen-bond donors (Lipinski definition) is 1. The van der Waals surface area contributed by atoms with Crippen LogP contribution in [0.1, 0.15) is 5.56 Å². The molecule has 2 aromatic rings. The molecule has 0 unspecified atom stereocenters. The first-order chi connectivity index (χ1) is 8.20. The van der Waals surface area contributed by atoms with Gasteiger partial charge in [0, 0.05) is 11.1 Å². The second-order valence-electron chi connectivity index (χ2n) is 3.26. The van der Waals surface area contributed by atoms with Crippen LogP contribution in [0.2, 0.25) is 0 Å². The summed E-state index contributed by atoms with van der Waals surface area (Å²) in [6, 6.07) is 9.86. The molecule has 1 aromatic carbocycles. The molecular weight excluding hydrogens is 237 g/mol. The van der Waals surface area contributed by atoms with Gasteiger partial charge >= 0.3 is 0 Å². The number of nitrogen functional groups attached to an aromatic ring is 1. The summed E-state index contributed by atoms with van der Waals surface area (Å²) in [6.45, 7) is 0. The maximum atomic E-state index is 13.4. The van der Waals surface area contributed by atoms with E-state index in [2.05, 4.69) is 4.98 Å². The van der Waals surface area contributed by atoms with Crippen LogP contribution < -0.4 is 5.73 Å². The Morgan fingerprint density at radius 3 is 2.76 bits per heavy atom. The highest BCUT2D eigenvalue weighted by Gasteiger charge is 2.08. The fourth-order valence-electron chi connectivity index (χ4n) is 1.25. The zero-order valence-corrected chi connectivity index (χ0v) is 9.54. The number of benzene rings is 1. The van der Waals surface area contributed by atoms with Gasteiger partial charge in [-0.3, -0.25) is 0 Å². The fourth-order valence-corrected chi connectivity index (χ4v) is 2.05. The number of aromatic nitrogens is 1. The number of nitrogens with two attached hydrogens (primary N) is 1. The Morgan fingerprint density at radius 1 is 1.35 bits per heavy atom. The van der Waals surface area contributed by atoms with Gasteiger partial charge in [0.05, 0.1) is 11.3 Å². The lowest BCUT2D eigenvalue weighted by atomic mass is 10.3. The van der Waals surface area contributed by atoms with Crippen molar-refractivity contribution < 1.29 is 4.39 Å². The van der Waals surface area contributed by atoms with Crippen LogP contribution in [0.15, 0.2) is 46.5 Å². The SMILES string of the molecule is N#Cc1cnc(Sc2ccccc2F)c(N)c1. The van der Waals surface area contributed by atoms with E-state index in [-0.39, 0.29) is 5.82 Å². The van der Waals surface area contributed by atoms with Crippen LogP contribution in [0.4, 0.5) is 10.1 Å². The molecule has 0 amide bonds. The van der Waals surface area contributed by atoms with Crippen molar-refractivity contribution in [2.45, 2.75) is 9.92 Å². The topological polar surface area (TPSA) is 62.7 Å². The van der Waals surface area contributed by atoms with Gasteiger partial charge in [-0.15, -0.1) is 0 Å². The van der Waals surface area contributed by atoms with Crippen molar-refractivity contribution in [3.8, 4) is 6.07 Å². The Labute approximate surface area is 102 Å². The van der Waals surface area contributed by atoms with E-state index in [0.29, 0.717) is 21.2 Å². The predicted octanol–water partition coefficient (Wildman–Crippen LogP) is 2.83. The molecule has 0 aliphatic rings. The maximum Gasteiger partial charge on any atom is 0.137 e. The third-order valence-corrected chi connectivity index (χ3v) is 3.14. The zero-order chi connectivity index (χ0) is 12.3. The Bertz CT molecular complexity index is 593. The third kappa shape index (κ3) is 2.55. The first-order valence-electron chi connectivity index (χ1n) is 4.78. The summed E-state index contributed by atoms with van der Waals surface area (Å²) in [6.07, 6.45) is 1.42. The molecular formula is C12H8FN3S. The van der Waals surface area contributed by atoms with E-state index in [1.54, 1.807) is 18.2 Å². The minimum absolute atomic E-state index is 0.317. The van der Waals surface area contributed by atoms with Gasteiger partial charge in [-0.25, -0.2) is 9.37 Å². The Hall–Kier alpha value is -2.06. The lowest BCUT2D eigenvalue weighted by Gasteiger charge is -2.05. The molecule has 0 spiro atoms. The molecule has 0 radical (unpaired) electrons. The van der Waals surface area contributed by atoms with E-state index in [9.17, 15) is 4.39 Å². The number of nitriles is 1. The molecule has 0 atom stereocenters. The van der Waals surface area contributed by atoms with Crippen LogP contribution in [-0.4, -0.2) is 4.98 Å². The Kier molecular flexibility index (Phi) is 3.26. The summed E-state index contributed by atoms with van der Waals surface area (Å²) < 4.78 is 13.4. The zero-order valence-electron chi connectivity index (χ0n) is 8.72. The van der Waals surface area contributed by atoms with E-state index < -0.39 is 0 Å². The summed E-state index contributed by atoms with van der Waals surface area (Å²) in [7, 11) is 0. The van der Waals surface area contributed by atoms with Crippen molar-refractivity contribution in [2.75, 3.05) is 5.73 Å². The van der Waals surface area contributed by atoms with Gasteiger partial charge in [0.15, 0.2) is 0 Å². The second-order valence-corrected chi connectivity index (χ2v) is 4.29. The van der Waals surface area contributed by atoms with E-state index in [1.165, 1.54) is 18.3 Å². The van der Waals surface area contributed by atoms with Crippen LogP contribution in [0.3, 0.4) is 0 Å². The highest BCUT2D eigenvalue weighted by Crippen LogP contribution is 2.31. The molecule has 0 fully saturated rings. The maximum absolute atomic E-state index is 13.4. The standard InChI is InChI=1S/C12H8FN3S/c13-9-3-1-2-4-11(9)17-12-10(15)5-8(6-14)7-16-12/h1-5,7H,15H2. The molecule has 17 heavy (non-hydrogen) atoms. The van der Waals surface area contributed by atoms with E-state index in [0.717, 1.165) is 11.8 Å². The molecule has 1 heterocycles. The van der Waals surface area contributed by atoms with Crippen molar-refractivity contribution in [3.05, 3.63) is 47.9 Å². The van der Waals surface area contributed by atoms with Gasteiger partial charge < -0.3 is 5.73 Å². The van der Waals surface area contributed by atoms with Crippen LogP contribution in [0, 0.1) is 17.1 Å². The highest BCUT2D eigenvalue weighted by molar-refractivity contribution is 7.99. The number of anilines is 1. The molecule has 5 heteroatoms. The predicted molar refractivity (Wildman–Crippen MR) is 63.9 cm³/mol. The Morgan fingerprint density at radius 2 is 2.12 bits per heavy atom. The van der Waals surface area contributed by atoms with Gasteiger partial charge in [-0.2, -0.15) is 5.26 Å². The summed E-state index contributed by atoms with van der Waals surface area (Å²) in [5, 5.41) is 9.17. The lowest BCUT2D eigenvalue weighted by molar-refractivity contribution is 0.602.